The Bertz CT molecular complexity index is 794. The molecule has 0 amide bonds. The molecule has 0 fully saturated rings. The molecular weight excluding hydrogens is 283 g/mol. The summed E-state index contributed by atoms with van der Waals surface area (Å²) >= 11 is 0. The van der Waals surface area contributed by atoms with Crippen molar-refractivity contribution >= 4 is 16.9 Å². The first-order valence-electron chi connectivity index (χ1n) is 6.06. The zero-order valence-electron chi connectivity index (χ0n) is 10.9. The minimum absolute atomic E-state index is 0.0582. The number of halogens is 3. The monoisotopic (exact) mass is 293 g/mol. The maximum absolute atomic E-state index is 12.9. The summed E-state index contributed by atoms with van der Waals surface area (Å²) < 4.78 is 40.0. The van der Waals surface area contributed by atoms with Gasteiger partial charge in [0, 0.05) is 18.5 Å². The lowest BCUT2D eigenvalue weighted by molar-refractivity contribution is -0.141. The van der Waals surface area contributed by atoms with Crippen LogP contribution in [0.15, 0.2) is 36.5 Å². The summed E-state index contributed by atoms with van der Waals surface area (Å²) in [5.74, 6) is -0.0534. The molecule has 21 heavy (non-hydrogen) atoms. The molecule has 3 aromatic rings. The van der Waals surface area contributed by atoms with Gasteiger partial charge in [-0.3, -0.25) is 0 Å². The Morgan fingerprint density at radius 1 is 1.14 bits per heavy atom. The minimum atomic E-state index is -4.55. The van der Waals surface area contributed by atoms with Crippen molar-refractivity contribution in [1.82, 2.24) is 19.7 Å². The van der Waals surface area contributed by atoms with E-state index in [-0.39, 0.29) is 11.8 Å². The minimum Gasteiger partial charge on any atom is -0.357 e. The van der Waals surface area contributed by atoms with Crippen LogP contribution in [0.4, 0.5) is 19.1 Å². The highest BCUT2D eigenvalue weighted by molar-refractivity contribution is 5.79. The van der Waals surface area contributed by atoms with Crippen LogP contribution in [0, 0.1) is 0 Å². The number of anilines is 1. The van der Waals surface area contributed by atoms with Gasteiger partial charge >= 0.3 is 6.18 Å². The smallest absolute Gasteiger partial charge is 0.357 e. The topological polar surface area (TPSA) is 55.6 Å². The number of aromatic nitrogens is 4. The van der Waals surface area contributed by atoms with E-state index >= 15 is 0 Å². The molecule has 0 unspecified atom stereocenters. The van der Waals surface area contributed by atoms with Crippen molar-refractivity contribution in [3.63, 3.8) is 0 Å². The van der Waals surface area contributed by atoms with Crippen LogP contribution < -0.4 is 5.32 Å². The summed E-state index contributed by atoms with van der Waals surface area (Å²) in [7, 11) is 1.46. The number of hydrogen-bond acceptors (Lipinski definition) is 4. The van der Waals surface area contributed by atoms with Gasteiger partial charge in [-0.1, -0.05) is 18.2 Å². The van der Waals surface area contributed by atoms with Crippen molar-refractivity contribution in [2.45, 2.75) is 6.18 Å². The fourth-order valence-electron chi connectivity index (χ4n) is 1.95. The summed E-state index contributed by atoms with van der Waals surface area (Å²) in [5, 5.41) is 7.44. The van der Waals surface area contributed by atoms with E-state index in [0.29, 0.717) is 5.52 Å². The van der Waals surface area contributed by atoms with E-state index < -0.39 is 11.9 Å². The first-order valence-corrected chi connectivity index (χ1v) is 6.06. The number of fused-ring (bicyclic) bond motifs is 1. The fraction of sp³-hybridized carbons (Fsp3) is 0.154. The van der Waals surface area contributed by atoms with Crippen LogP contribution in [0.2, 0.25) is 0 Å². The highest BCUT2D eigenvalue weighted by Gasteiger charge is 2.34. The third-order valence-corrected chi connectivity index (χ3v) is 2.92. The molecule has 0 aliphatic heterocycles. The van der Waals surface area contributed by atoms with E-state index in [1.54, 1.807) is 18.3 Å². The zero-order valence-corrected chi connectivity index (χ0v) is 10.9. The number of para-hydroxylation sites is 1. The van der Waals surface area contributed by atoms with Gasteiger partial charge in [0.2, 0.25) is 5.95 Å². The lowest BCUT2D eigenvalue weighted by atomic mass is 10.2. The third kappa shape index (κ3) is 2.39. The average Bonchev–Trinajstić information content (AvgIpc) is 2.89. The van der Waals surface area contributed by atoms with Crippen molar-refractivity contribution in [2.24, 2.45) is 0 Å². The number of nitrogens with zero attached hydrogens (tertiary/aromatic N) is 4. The van der Waals surface area contributed by atoms with Gasteiger partial charge < -0.3 is 5.32 Å². The van der Waals surface area contributed by atoms with Crippen LogP contribution in [0.1, 0.15) is 5.69 Å². The standard InChI is InChI=1S/C13H10F3N5/c1-17-12-19-10(13(14,15)16)6-11(20-12)21-9-5-3-2-4-8(9)7-18-21/h2-7H,1H3,(H,17,19,20). The van der Waals surface area contributed by atoms with Crippen LogP contribution in [-0.2, 0) is 6.18 Å². The molecular formula is C13H10F3N5. The summed E-state index contributed by atoms with van der Waals surface area (Å²) in [5.41, 5.74) is -0.345. The Morgan fingerprint density at radius 2 is 1.90 bits per heavy atom. The molecule has 0 aliphatic rings. The van der Waals surface area contributed by atoms with E-state index in [2.05, 4.69) is 20.4 Å². The quantitative estimate of drug-likeness (QED) is 0.789. The molecule has 8 heteroatoms. The van der Waals surface area contributed by atoms with Gasteiger partial charge in [-0.2, -0.15) is 23.3 Å². The van der Waals surface area contributed by atoms with Gasteiger partial charge in [0.25, 0.3) is 0 Å². The Balaban J connectivity index is 2.22. The molecule has 2 aromatic heterocycles. The molecule has 0 saturated carbocycles. The van der Waals surface area contributed by atoms with Gasteiger partial charge in [-0.05, 0) is 6.07 Å². The normalized spacial score (nSPS) is 11.8. The first-order chi connectivity index (χ1) is 9.99. The Labute approximate surface area is 117 Å². The fourth-order valence-corrected chi connectivity index (χ4v) is 1.95. The Kier molecular flexibility index (Phi) is 3.00. The van der Waals surface area contributed by atoms with Gasteiger partial charge in [-0.15, -0.1) is 0 Å². The number of alkyl halides is 3. The molecule has 0 saturated heterocycles. The van der Waals surface area contributed by atoms with Crippen LogP contribution >= 0.6 is 0 Å². The van der Waals surface area contributed by atoms with Gasteiger partial charge in [0.1, 0.15) is 0 Å². The van der Waals surface area contributed by atoms with E-state index in [4.69, 9.17) is 0 Å². The molecule has 0 atom stereocenters. The molecule has 0 aliphatic carbocycles. The number of rotatable bonds is 2. The molecule has 5 nitrogen and oxygen atoms in total. The van der Waals surface area contributed by atoms with Crippen molar-refractivity contribution < 1.29 is 13.2 Å². The third-order valence-electron chi connectivity index (χ3n) is 2.92. The van der Waals surface area contributed by atoms with E-state index in [9.17, 15) is 13.2 Å². The molecule has 3 rings (SSSR count). The highest BCUT2D eigenvalue weighted by Crippen LogP contribution is 2.29. The molecule has 0 spiro atoms. The summed E-state index contributed by atoms with van der Waals surface area (Å²) in [6, 6.07) is 8.07. The second-order valence-corrected chi connectivity index (χ2v) is 4.30. The zero-order chi connectivity index (χ0) is 15.0. The molecule has 0 bridgehead atoms. The van der Waals surface area contributed by atoms with E-state index in [0.717, 1.165) is 11.5 Å². The second-order valence-electron chi connectivity index (χ2n) is 4.30. The van der Waals surface area contributed by atoms with E-state index in [1.165, 1.54) is 11.7 Å². The molecule has 2 heterocycles. The van der Waals surface area contributed by atoms with E-state index in [1.807, 2.05) is 12.1 Å². The Morgan fingerprint density at radius 3 is 2.62 bits per heavy atom. The predicted molar refractivity (Wildman–Crippen MR) is 71.2 cm³/mol. The lowest BCUT2D eigenvalue weighted by Gasteiger charge is -2.10. The molecule has 1 aromatic carbocycles. The average molecular weight is 293 g/mol. The summed E-state index contributed by atoms with van der Waals surface area (Å²) in [6.07, 6.45) is -2.98. The predicted octanol–water partition coefficient (Wildman–Crippen LogP) is 2.88. The first kappa shape index (κ1) is 13.3. The SMILES string of the molecule is CNc1nc(-n2ncc3ccccc32)cc(C(F)(F)F)n1. The number of nitrogens with one attached hydrogen (secondary N) is 1. The van der Waals surface area contributed by atoms with Gasteiger partial charge in [0.05, 0.1) is 11.7 Å². The van der Waals surface area contributed by atoms with Crippen LogP contribution in [0.5, 0.6) is 0 Å². The van der Waals surface area contributed by atoms with Crippen molar-refractivity contribution in [2.75, 3.05) is 12.4 Å². The molecule has 108 valence electrons. The van der Waals surface area contributed by atoms with Crippen molar-refractivity contribution in [1.29, 1.82) is 0 Å². The number of hydrogen-bond donors (Lipinski definition) is 1. The number of benzene rings is 1. The highest BCUT2D eigenvalue weighted by atomic mass is 19.4. The summed E-state index contributed by atoms with van der Waals surface area (Å²) in [6.45, 7) is 0. The van der Waals surface area contributed by atoms with Gasteiger partial charge in [-0.25, -0.2) is 9.67 Å². The van der Waals surface area contributed by atoms with Crippen LogP contribution in [0.3, 0.4) is 0 Å². The largest absolute Gasteiger partial charge is 0.433 e. The molecule has 0 radical (unpaired) electrons. The second kappa shape index (κ2) is 4.72. The van der Waals surface area contributed by atoms with Gasteiger partial charge in [0.15, 0.2) is 11.5 Å². The maximum atomic E-state index is 12.9. The van der Waals surface area contributed by atoms with Crippen molar-refractivity contribution in [3.05, 3.63) is 42.2 Å². The maximum Gasteiger partial charge on any atom is 0.433 e. The van der Waals surface area contributed by atoms with Crippen LogP contribution in [-0.4, -0.2) is 26.8 Å². The lowest BCUT2D eigenvalue weighted by Crippen LogP contribution is -2.13. The van der Waals surface area contributed by atoms with Crippen molar-refractivity contribution in [3.8, 4) is 5.82 Å². The summed E-state index contributed by atoms with van der Waals surface area (Å²) in [4.78, 5) is 7.46. The molecule has 1 N–H and O–H groups in total. The Hall–Kier alpha value is -2.64. The van der Waals surface area contributed by atoms with Crippen LogP contribution in [0.25, 0.3) is 16.7 Å².